The van der Waals surface area contributed by atoms with Crippen LogP contribution in [-0.2, 0) is 13.1 Å². The zero-order valence-corrected chi connectivity index (χ0v) is 14.0. The van der Waals surface area contributed by atoms with Crippen LogP contribution < -0.4 is 5.32 Å². The van der Waals surface area contributed by atoms with Crippen molar-refractivity contribution in [3.05, 3.63) is 35.3 Å². The van der Waals surface area contributed by atoms with E-state index >= 15 is 0 Å². The standard InChI is InChI=1S/C18H30N2O/c1-5-8-19-12-15-11-17(21-14-15)13-20-9-6-16(7-10-20)18(2,3)4/h6,11,14,19H,5,7-10,12-13H2,1-4H3. The van der Waals surface area contributed by atoms with Gasteiger partial charge in [0.15, 0.2) is 0 Å². The molecule has 118 valence electrons. The third-order valence-electron chi connectivity index (χ3n) is 4.10. The molecule has 0 saturated carbocycles. The van der Waals surface area contributed by atoms with Gasteiger partial charge in [-0.25, -0.2) is 0 Å². The van der Waals surface area contributed by atoms with Crippen LogP contribution in [0, 0.1) is 5.41 Å². The van der Waals surface area contributed by atoms with E-state index in [1.165, 1.54) is 18.4 Å². The van der Waals surface area contributed by atoms with Crippen molar-refractivity contribution in [3.63, 3.8) is 0 Å². The second-order valence-corrected chi connectivity index (χ2v) is 7.06. The summed E-state index contributed by atoms with van der Waals surface area (Å²) in [6.07, 6.45) is 6.63. The van der Waals surface area contributed by atoms with E-state index in [2.05, 4.69) is 50.1 Å². The molecule has 0 aromatic carbocycles. The Bertz CT molecular complexity index is 468. The van der Waals surface area contributed by atoms with Crippen molar-refractivity contribution in [2.24, 2.45) is 5.41 Å². The van der Waals surface area contributed by atoms with Crippen molar-refractivity contribution in [3.8, 4) is 0 Å². The largest absolute Gasteiger partial charge is 0.468 e. The second-order valence-electron chi connectivity index (χ2n) is 7.06. The molecule has 0 aliphatic carbocycles. The predicted octanol–water partition coefficient (Wildman–Crippen LogP) is 3.96. The molecule has 3 nitrogen and oxygen atoms in total. The molecule has 1 aromatic heterocycles. The van der Waals surface area contributed by atoms with Gasteiger partial charge in [0.2, 0.25) is 0 Å². The fourth-order valence-electron chi connectivity index (χ4n) is 2.77. The van der Waals surface area contributed by atoms with Crippen LogP contribution in [0.15, 0.2) is 28.4 Å². The highest BCUT2D eigenvalue weighted by molar-refractivity contribution is 5.16. The van der Waals surface area contributed by atoms with E-state index in [9.17, 15) is 0 Å². The molecule has 1 aliphatic rings. The molecular weight excluding hydrogens is 260 g/mol. The van der Waals surface area contributed by atoms with Crippen molar-refractivity contribution >= 4 is 0 Å². The molecule has 0 radical (unpaired) electrons. The normalized spacial score (nSPS) is 17.0. The highest BCUT2D eigenvalue weighted by atomic mass is 16.3. The summed E-state index contributed by atoms with van der Waals surface area (Å²) in [6.45, 7) is 14.2. The molecular formula is C18H30N2O. The van der Waals surface area contributed by atoms with E-state index in [-0.39, 0.29) is 0 Å². The van der Waals surface area contributed by atoms with E-state index in [1.807, 2.05) is 6.26 Å². The molecule has 0 fully saturated rings. The Balaban J connectivity index is 1.82. The fourth-order valence-corrected chi connectivity index (χ4v) is 2.77. The lowest BCUT2D eigenvalue weighted by molar-refractivity contribution is 0.250. The summed E-state index contributed by atoms with van der Waals surface area (Å²) in [7, 11) is 0. The molecule has 2 rings (SSSR count). The number of nitrogens with zero attached hydrogens (tertiary/aromatic N) is 1. The third-order valence-corrected chi connectivity index (χ3v) is 4.10. The molecule has 0 saturated heterocycles. The molecule has 1 aliphatic heterocycles. The summed E-state index contributed by atoms with van der Waals surface area (Å²) in [5, 5.41) is 3.41. The van der Waals surface area contributed by atoms with Crippen LogP contribution in [0.25, 0.3) is 0 Å². The van der Waals surface area contributed by atoms with E-state index in [0.717, 1.165) is 38.5 Å². The van der Waals surface area contributed by atoms with E-state index in [4.69, 9.17) is 4.42 Å². The van der Waals surface area contributed by atoms with Gasteiger partial charge in [-0.05, 0) is 30.9 Å². The van der Waals surface area contributed by atoms with Gasteiger partial charge in [0.05, 0.1) is 12.8 Å². The van der Waals surface area contributed by atoms with E-state index in [0.29, 0.717) is 5.41 Å². The van der Waals surface area contributed by atoms with Crippen LogP contribution in [0.5, 0.6) is 0 Å². The topological polar surface area (TPSA) is 28.4 Å². The number of furan rings is 1. The molecule has 1 N–H and O–H groups in total. The summed E-state index contributed by atoms with van der Waals surface area (Å²) in [5.41, 5.74) is 3.15. The lowest BCUT2D eigenvalue weighted by atomic mass is 9.83. The van der Waals surface area contributed by atoms with Crippen LogP contribution in [0.3, 0.4) is 0 Å². The highest BCUT2D eigenvalue weighted by Gasteiger charge is 2.21. The van der Waals surface area contributed by atoms with Crippen molar-refractivity contribution in [2.75, 3.05) is 19.6 Å². The molecule has 21 heavy (non-hydrogen) atoms. The minimum absolute atomic E-state index is 0.314. The fraction of sp³-hybridized carbons (Fsp3) is 0.667. The summed E-state index contributed by atoms with van der Waals surface area (Å²) >= 11 is 0. The van der Waals surface area contributed by atoms with Crippen molar-refractivity contribution in [2.45, 2.75) is 53.6 Å². The zero-order chi connectivity index (χ0) is 15.3. The number of hydrogen-bond acceptors (Lipinski definition) is 3. The van der Waals surface area contributed by atoms with Gasteiger partial charge in [-0.3, -0.25) is 4.90 Å². The Morgan fingerprint density at radius 3 is 2.76 bits per heavy atom. The Hall–Kier alpha value is -1.06. The Morgan fingerprint density at radius 2 is 2.14 bits per heavy atom. The Labute approximate surface area is 129 Å². The second kappa shape index (κ2) is 7.28. The summed E-state index contributed by atoms with van der Waals surface area (Å²) < 4.78 is 5.69. The first-order valence-corrected chi connectivity index (χ1v) is 8.18. The minimum atomic E-state index is 0.314. The predicted molar refractivity (Wildman–Crippen MR) is 88.1 cm³/mol. The van der Waals surface area contributed by atoms with Crippen LogP contribution in [0.1, 0.15) is 51.9 Å². The van der Waals surface area contributed by atoms with Crippen molar-refractivity contribution < 1.29 is 4.42 Å². The molecule has 2 heterocycles. The van der Waals surface area contributed by atoms with Gasteiger partial charge in [0.1, 0.15) is 5.76 Å². The highest BCUT2D eigenvalue weighted by Crippen LogP contribution is 2.30. The minimum Gasteiger partial charge on any atom is -0.468 e. The van der Waals surface area contributed by atoms with Gasteiger partial charge in [-0.2, -0.15) is 0 Å². The lowest BCUT2D eigenvalue weighted by Crippen LogP contribution is -2.30. The maximum absolute atomic E-state index is 5.69. The Kier molecular flexibility index (Phi) is 5.65. The van der Waals surface area contributed by atoms with Gasteiger partial charge >= 0.3 is 0 Å². The third kappa shape index (κ3) is 5.01. The van der Waals surface area contributed by atoms with E-state index < -0.39 is 0 Å². The smallest absolute Gasteiger partial charge is 0.118 e. The van der Waals surface area contributed by atoms with Gasteiger partial charge in [-0.1, -0.05) is 39.3 Å². The van der Waals surface area contributed by atoms with Crippen LogP contribution in [-0.4, -0.2) is 24.5 Å². The van der Waals surface area contributed by atoms with Crippen molar-refractivity contribution in [1.82, 2.24) is 10.2 Å². The van der Waals surface area contributed by atoms with Crippen LogP contribution in [0.2, 0.25) is 0 Å². The molecule has 0 amide bonds. The average molecular weight is 290 g/mol. The monoisotopic (exact) mass is 290 g/mol. The maximum Gasteiger partial charge on any atom is 0.118 e. The average Bonchev–Trinajstić information content (AvgIpc) is 2.86. The quantitative estimate of drug-likeness (QED) is 0.635. The summed E-state index contributed by atoms with van der Waals surface area (Å²) in [4.78, 5) is 2.46. The first-order valence-electron chi connectivity index (χ1n) is 8.18. The molecule has 1 aromatic rings. The molecule has 0 atom stereocenters. The number of hydrogen-bond donors (Lipinski definition) is 1. The maximum atomic E-state index is 5.69. The SMILES string of the molecule is CCCNCc1coc(CN2CC=C(C(C)(C)C)CC2)c1. The summed E-state index contributed by atoms with van der Waals surface area (Å²) in [6, 6.07) is 2.19. The van der Waals surface area contributed by atoms with Gasteiger partial charge in [0.25, 0.3) is 0 Å². The first-order chi connectivity index (χ1) is 9.99. The van der Waals surface area contributed by atoms with Gasteiger partial charge in [-0.15, -0.1) is 0 Å². The molecule has 0 spiro atoms. The van der Waals surface area contributed by atoms with E-state index in [1.54, 1.807) is 5.57 Å². The van der Waals surface area contributed by atoms with Gasteiger partial charge < -0.3 is 9.73 Å². The van der Waals surface area contributed by atoms with Gasteiger partial charge in [0, 0.05) is 25.2 Å². The number of nitrogens with one attached hydrogen (secondary N) is 1. The summed E-state index contributed by atoms with van der Waals surface area (Å²) in [5.74, 6) is 1.08. The lowest BCUT2D eigenvalue weighted by Gasteiger charge is -2.31. The molecule has 0 unspecified atom stereocenters. The van der Waals surface area contributed by atoms with Crippen molar-refractivity contribution in [1.29, 1.82) is 0 Å². The number of rotatable bonds is 6. The molecule has 3 heteroatoms. The van der Waals surface area contributed by atoms with Crippen LogP contribution >= 0.6 is 0 Å². The zero-order valence-electron chi connectivity index (χ0n) is 14.0. The van der Waals surface area contributed by atoms with Crippen LogP contribution in [0.4, 0.5) is 0 Å². The first kappa shape index (κ1) is 16.3. The molecule has 0 bridgehead atoms. The Morgan fingerprint density at radius 1 is 1.33 bits per heavy atom.